The van der Waals surface area contributed by atoms with E-state index in [0.717, 1.165) is 17.9 Å². The zero-order chi connectivity index (χ0) is 15.5. The molecule has 0 aliphatic carbocycles. The van der Waals surface area contributed by atoms with Crippen molar-refractivity contribution in [1.29, 1.82) is 0 Å². The first-order valence-electron chi connectivity index (χ1n) is 6.76. The van der Waals surface area contributed by atoms with Gasteiger partial charge in [-0.1, -0.05) is 25.1 Å². The Morgan fingerprint density at radius 1 is 1.29 bits per heavy atom. The monoisotopic (exact) mass is 337 g/mol. The van der Waals surface area contributed by atoms with Crippen LogP contribution >= 0.6 is 23.5 Å². The highest BCUT2D eigenvalue weighted by Gasteiger charge is 2.36. The number of para-hydroxylation sites is 1. The zero-order valence-corrected chi connectivity index (χ0v) is 13.2. The highest BCUT2D eigenvalue weighted by Crippen LogP contribution is 2.41. The minimum absolute atomic E-state index is 0.103. The van der Waals surface area contributed by atoms with Gasteiger partial charge in [-0.2, -0.15) is 23.5 Å². The van der Waals surface area contributed by atoms with E-state index in [4.69, 9.17) is 5.73 Å². The third-order valence-corrected chi connectivity index (χ3v) is 6.72. The number of hydrogen-bond donors (Lipinski definition) is 1. The SMILES string of the molecule is CCC1SCCSC1C(N)c1ccccc1OC(F)(F)F. The first kappa shape index (κ1) is 16.8. The molecule has 1 aliphatic heterocycles. The van der Waals surface area contributed by atoms with Crippen molar-refractivity contribution in [1.82, 2.24) is 0 Å². The lowest BCUT2D eigenvalue weighted by Crippen LogP contribution is -2.36. The normalized spacial score (nSPS) is 24.6. The number of hydrogen-bond acceptors (Lipinski definition) is 4. The summed E-state index contributed by atoms with van der Waals surface area (Å²) in [6.45, 7) is 2.08. The molecule has 0 bridgehead atoms. The summed E-state index contributed by atoms with van der Waals surface area (Å²) in [6, 6.07) is 5.70. The Balaban J connectivity index is 2.23. The molecule has 2 nitrogen and oxygen atoms in total. The van der Waals surface area contributed by atoms with Gasteiger partial charge < -0.3 is 10.5 Å². The molecule has 1 fully saturated rings. The maximum Gasteiger partial charge on any atom is 0.573 e. The highest BCUT2D eigenvalue weighted by molar-refractivity contribution is 8.07. The van der Waals surface area contributed by atoms with Crippen molar-refractivity contribution in [3.05, 3.63) is 29.8 Å². The van der Waals surface area contributed by atoms with Gasteiger partial charge in [0.1, 0.15) is 5.75 Å². The third kappa shape index (κ3) is 4.47. The molecular formula is C14H18F3NOS2. The van der Waals surface area contributed by atoms with Crippen LogP contribution in [-0.4, -0.2) is 28.4 Å². The molecule has 1 aromatic carbocycles. The number of rotatable bonds is 4. The second-order valence-electron chi connectivity index (χ2n) is 4.76. The van der Waals surface area contributed by atoms with Gasteiger partial charge in [0.15, 0.2) is 0 Å². The first-order valence-corrected chi connectivity index (χ1v) is 8.85. The summed E-state index contributed by atoms with van der Waals surface area (Å²) in [6.07, 6.45) is -3.74. The molecular weight excluding hydrogens is 319 g/mol. The van der Waals surface area contributed by atoms with Crippen molar-refractivity contribution in [2.45, 2.75) is 36.2 Å². The van der Waals surface area contributed by atoms with Crippen molar-refractivity contribution in [2.24, 2.45) is 5.73 Å². The van der Waals surface area contributed by atoms with Crippen LogP contribution in [0.15, 0.2) is 24.3 Å². The third-order valence-electron chi connectivity index (χ3n) is 3.35. The Labute approximate surface area is 131 Å². The van der Waals surface area contributed by atoms with E-state index in [-0.39, 0.29) is 11.0 Å². The molecule has 1 aromatic rings. The van der Waals surface area contributed by atoms with Crippen molar-refractivity contribution < 1.29 is 17.9 Å². The number of nitrogens with two attached hydrogens (primary N) is 1. The summed E-state index contributed by atoms with van der Waals surface area (Å²) < 4.78 is 41.6. The standard InChI is InChI=1S/C14H18F3NOS2/c1-2-11-13(21-8-7-20-11)12(18)9-5-3-4-6-10(9)19-14(15,16)17/h3-6,11-13H,2,7-8,18H2,1H3. The van der Waals surface area contributed by atoms with E-state index in [9.17, 15) is 13.2 Å². The van der Waals surface area contributed by atoms with Crippen molar-refractivity contribution in [2.75, 3.05) is 11.5 Å². The van der Waals surface area contributed by atoms with E-state index in [0.29, 0.717) is 10.8 Å². The Bertz CT molecular complexity index is 470. The highest BCUT2D eigenvalue weighted by atomic mass is 32.2. The molecule has 1 heterocycles. The van der Waals surface area contributed by atoms with Gasteiger partial charge >= 0.3 is 6.36 Å². The van der Waals surface area contributed by atoms with Gasteiger partial charge in [-0.3, -0.25) is 0 Å². The van der Waals surface area contributed by atoms with E-state index >= 15 is 0 Å². The van der Waals surface area contributed by atoms with Gasteiger partial charge in [-0.15, -0.1) is 13.2 Å². The summed E-state index contributed by atoms with van der Waals surface area (Å²) in [4.78, 5) is 0. The van der Waals surface area contributed by atoms with Crippen LogP contribution in [0.25, 0.3) is 0 Å². The number of halogens is 3. The first-order chi connectivity index (χ1) is 9.92. The lowest BCUT2D eigenvalue weighted by atomic mass is 10.00. The summed E-state index contributed by atoms with van der Waals surface area (Å²) in [7, 11) is 0. The maximum absolute atomic E-state index is 12.5. The van der Waals surface area contributed by atoms with Crippen molar-refractivity contribution in [3.63, 3.8) is 0 Å². The van der Waals surface area contributed by atoms with Crippen LogP contribution in [-0.2, 0) is 0 Å². The number of thioether (sulfide) groups is 2. The van der Waals surface area contributed by atoms with E-state index in [1.807, 2.05) is 11.8 Å². The lowest BCUT2D eigenvalue weighted by Gasteiger charge is -2.34. The molecule has 0 radical (unpaired) electrons. The molecule has 2 rings (SSSR count). The van der Waals surface area contributed by atoms with Crippen LogP contribution in [0.2, 0.25) is 0 Å². The fourth-order valence-electron chi connectivity index (χ4n) is 2.42. The molecule has 7 heteroatoms. The maximum atomic E-state index is 12.5. The molecule has 3 atom stereocenters. The van der Waals surface area contributed by atoms with E-state index < -0.39 is 12.4 Å². The minimum Gasteiger partial charge on any atom is -0.405 e. The molecule has 0 amide bonds. The Morgan fingerprint density at radius 3 is 2.62 bits per heavy atom. The molecule has 1 saturated heterocycles. The topological polar surface area (TPSA) is 35.2 Å². The van der Waals surface area contributed by atoms with E-state index in [1.165, 1.54) is 12.1 Å². The second-order valence-corrected chi connectivity index (χ2v) is 7.40. The lowest BCUT2D eigenvalue weighted by molar-refractivity contribution is -0.275. The number of alkyl halides is 3. The van der Waals surface area contributed by atoms with Crippen molar-refractivity contribution >= 4 is 23.5 Å². The molecule has 3 unspecified atom stereocenters. The largest absolute Gasteiger partial charge is 0.573 e. The minimum atomic E-state index is -4.70. The van der Waals surface area contributed by atoms with Crippen LogP contribution in [0, 0.1) is 0 Å². The molecule has 0 aromatic heterocycles. The fourth-order valence-corrected chi connectivity index (χ4v) is 5.59. The van der Waals surface area contributed by atoms with Crippen molar-refractivity contribution in [3.8, 4) is 5.75 Å². The molecule has 0 saturated carbocycles. The average molecular weight is 337 g/mol. The predicted octanol–water partition coefficient (Wildman–Crippen LogP) is 4.21. The Hall–Kier alpha value is -0.530. The van der Waals surface area contributed by atoms with Gasteiger partial charge in [-0.25, -0.2) is 0 Å². The number of benzene rings is 1. The fraction of sp³-hybridized carbons (Fsp3) is 0.571. The van der Waals surface area contributed by atoms with Crippen LogP contribution < -0.4 is 10.5 Å². The van der Waals surface area contributed by atoms with Crippen LogP contribution in [0.5, 0.6) is 5.75 Å². The molecule has 21 heavy (non-hydrogen) atoms. The molecule has 1 aliphatic rings. The Morgan fingerprint density at radius 2 is 1.95 bits per heavy atom. The summed E-state index contributed by atoms with van der Waals surface area (Å²) in [5, 5.41) is 0.462. The smallest absolute Gasteiger partial charge is 0.405 e. The Kier molecular flexibility index (Phi) is 5.73. The van der Waals surface area contributed by atoms with Crippen LogP contribution in [0.3, 0.4) is 0 Å². The molecule has 2 N–H and O–H groups in total. The zero-order valence-electron chi connectivity index (χ0n) is 11.6. The van der Waals surface area contributed by atoms with Crippen LogP contribution in [0.4, 0.5) is 13.2 Å². The molecule has 118 valence electrons. The summed E-state index contributed by atoms with van der Waals surface area (Å²) in [5.41, 5.74) is 6.70. The van der Waals surface area contributed by atoms with Crippen LogP contribution in [0.1, 0.15) is 24.9 Å². The van der Waals surface area contributed by atoms with Gasteiger partial charge in [0.05, 0.1) is 0 Å². The predicted molar refractivity (Wildman–Crippen MR) is 82.8 cm³/mol. The van der Waals surface area contributed by atoms with E-state index in [2.05, 4.69) is 11.7 Å². The summed E-state index contributed by atoms with van der Waals surface area (Å²) >= 11 is 3.59. The van der Waals surface area contributed by atoms with Gasteiger partial charge in [0, 0.05) is 33.6 Å². The van der Waals surface area contributed by atoms with Gasteiger partial charge in [0.2, 0.25) is 0 Å². The quantitative estimate of drug-likeness (QED) is 0.892. The number of ether oxygens (including phenoxy) is 1. The summed E-state index contributed by atoms with van der Waals surface area (Å²) in [5.74, 6) is 1.85. The van der Waals surface area contributed by atoms with E-state index in [1.54, 1.807) is 23.9 Å². The van der Waals surface area contributed by atoms with Gasteiger partial charge in [-0.05, 0) is 12.5 Å². The van der Waals surface area contributed by atoms with Gasteiger partial charge in [0.25, 0.3) is 0 Å². The second kappa shape index (κ2) is 7.15. The molecule has 0 spiro atoms. The average Bonchev–Trinajstić information content (AvgIpc) is 2.45.